The summed E-state index contributed by atoms with van der Waals surface area (Å²) in [4.78, 5) is 36.9. The standard InChI is InChI=1S/C43H79NO7/c1-6-8-10-12-14-16-18-20-22-23-25-27-29-31-33-41(45)50-38-39(37-49-36-35-40(43(47)48)44(3,4)5)51-42(46)34-32-30-28-26-24-21-19-17-15-13-11-9-7-2/h8,10,14,16,39-40H,6-7,9,11-13,15,17-38H2,1-5H3/p+1/b10-8+,16-14+. The first-order valence-electron chi connectivity index (χ1n) is 20.9. The molecule has 0 amide bonds. The molecule has 0 radical (unpaired) electrons. The third kappa shape index (κ3) is 33.4. The highest BCUT2D eigenvalue weighted by molar-refractivity contribution is 5.72. The molecule has 0 saturated carbocycles. The fraction of sp³-hybridized carbons (Fsp3) is 0.837. The molecule has 0 aromatic rings. The van der Waals surface area contributed by atoms with E-state index in [1.807, 2.05) is 21.1 Å². The lowest BCUT2D eigenvalue weighted by molar-refractivity contribution is -0.887. The van der Waals surface area contributed by atoms with Gasteiger partial charge in [0.05, 0.1) is 34.4 Å². The van der Waals surface area contributed by atoms with Gasteiger partial charge < -0.3 is 23.8 Å². The van der Waals surface area contributed by atoms with Crippen molar-refractivity contribution in [1.29, 1.82) is 0 Å². The van der Waals surface area contributed by atoms with Crippen LogP contribution in [0.3, 0.4) is 0 Å². The second-order valence-electron chi connectivity index (χ2n) is 15.2. The number of carbonyl (C=O) groups excluding carboxylic acids is 2. The summed E-state index contributed by atoms with van der Waals surface area (Å²) in [5.74, 6) is -1.47. The Morgan fingerprint density at radius 3 is 1.61 bits per heavy atom. The van der Waals surface area contributed by atoms with E-state index >= 15 is 0 Å². The Labute approximate surface area is 313 Å². The molecule has 0 aromatic carbocycles. The summed E-state index contributed by atoms with van der Waals surface area (Å²) < 4.78 is 17.2. The van der Waals surface area contributed by atoms with Crippen LogP contribution in [0, 0.1) is 0 Å². The van der Waals surface area contributed by atoms with Crippen molar-refractivity contribution in [2.75, 3.05) is 41.0 Å². The van der Waals surface area contributed by atoms with Crippen LogP contribution in [0.4, 0.5) is 0 Å². The van der Waals surface area contributed by atoms with Crippen molar-refractivity contribution in [3.63, 3.8) is 0 Å². The third-order valence-electron chi connectivity index (χ3n) is 9.37. The number of aliphatic carboxylic acids is 1. The highest BCUT2D eigenvalue weighted by Gasteiger charge is 2.31. The van der Waals surface area contributed by atoms with Gasteiger partial charge in [0.25, 0.3) is 0 Å². The second-order valence-corrected chi connectivity index (χ2v) is 15.2. The lowest BCUT2D eigenvalue weighted by Gasteiger charge is -2.31. The number of likely N-dealkylation sites (N-methyl/N-ethyl adjacent to an activating group) is 1. The van der Waals surface area contributed by atoms with E-state index in [1.165, 1.54) is 89.9 Å². The fourth-order valence-corrected chi connectivity index (χ4v) is 6.13. The Hall–Kier alpha value is -2.19. The summed E-state index contributed by atoms with van der Waals surface area (Å²) in [5, 5.41) is 9.60. The average Bonchev–Trinajstić information content (AvgIpc) is 3.08. The maximum atomic E-state index is 12.7. The van der Waals surface area contributed by atoms with Gasteiger partial charge in [0.15, 0.2) is 12.1 Å². The predicted octanol–water partition coefficient (Wildman–Crippen LogP) is 10.9. The first-order chi connectivity index (χ1) is 24.6. The Bertz CT molecular complexity index is 895. The largest absolute Gasteiger partial charge is 0.477 e. The molecular formula is C43H80NO7+. The normalized spacial score (nSPS) is 13.2. The van der Waals surface area contributed by atoms with Crippen molar-refractivity contribution in [2.24, 2.45) is 0 Å². The summed E-state index contributed by atoms with van der Waals surface area (Å²) >= 11 is 0. The number of carboxylic acid groups (broad SMARTS) is 1. The van der Waals surface area contributed by atoms with Crippen molar-refractivity contribution in [3.05, 3.63) is 24.3 Å². The maximum absolute atomic E-state index is 12.7. The molecule has 298 valence electrons. The van der Waals surface area contributed by atoms with Crippen LogP contribution >= 0.6 is 0 Å². The van der Waals surface area contributed by atoms with Crippen molar-refractivity contribution in [2.45, 2.75) is 193 Å². The van der Waals surface area contributed by atoms with Gasteiger partial charge in [-0.25, -0.2) is 4.79 Å². The van der Waals surface area contributed by atoms with Gasteiger partial charge in [0.1, 0.15) is 6.61 Å². The number of esters is 2. The minimum absolute atomic E-state index is 0.0514. The van der Waals surface area contributed by atoms with E-state index in [0.717, 1.165) is 57.8 Å². The molecule has 8 heteroatoms. The monoisotopic (exact) mass is 723 g/mol. The maximum Gasteiger partial charge on any atom is 0.362 e. The number of carboxylic acids is 1. The minimum Gasteiger partial charge on any atom is -0.477 e. The summed E-state index contributed by atoms with van der Waals surface area (Å²) in [6, 6.07) is -0.612. The molecule has 0 bridgehead atoms. The molecule has 0 spiro atoms. The first-order valence-corrected chi connectivity index (χ1v) is 20.9. The number of unbranched alkanes of at least 4 members (excludes halogenated alkanes) is 19. The molecule has 2 unspecified atom stereocenters. The predicted molar refractivity (Wildman–Crippen MR) is 211 cm³/mol. The lowest BCUT2D eigenvalue weighted by atomic mass is 10.0. The van der Waals surface area contributed by atoms with Crippen LogP contribution in [0.2, 0.25) is 0 Å². The molecule has 0 aliphatic heterocycles. The molecule has 0 rings (SSSR count). The average molecular weight is 723 g/mol. The molecule has 0 aromatic heterocycles. The fourth-order valence-electron chi connectivity index (χ4n) is 6.13. The zero-order valence-electron chi connectivity index (χ0n) is 33.8. The van der Waals surface area contributed by atoms with Gasteiger partial charge in [-0.2, -0.15) is 0 Å². The summed E-state index contributed by atoms with van der Waals surface area (Å²) in [7, 11) is 5.52. The van der Waals surface area contributed by atoms with E-state index in [1.54, 1.807) is 0 Å². The Morgan fingerprint density at radius 1 is 0.608 bits per heavy atom. The van der Waals surface area contributed by atoms with E-state index in [4.69, 9.17) is 14.2 Å². The van der Waals surface area contributed by atoms with Crippen LogP contribution in [-0.2, 0) is 28.6 Å². The summed E-state index contributed by atoms with van der Waals surface area (Å²) in [5.41, 5.74) is 0. The molecule has 0 aliphatic carbocycles. The zero-order valence-corrected chi connectivity index (χ0v) is 33.8. The van der Waals surface area contributed by atoms with Crippen LogP contribution < -0.4 is 0 Å². The minimum atomic E-state index is -0.875. The smallest absolute Gasteiger partial charge is 0.362 e. The third-order valence-corrected chi connectivity index (χ3v) is 9.37. The lowest BCUT2D eigenvalue weighted by Crippen LogP contribution is -2.50. The zero-order chi connectivity index (χ0) is 37.8. The van der Waals surface area contributed by atoms with E-state index in [2.05, 4.69) is 38.2 Å². The molecule has 8 nitrogen and oxygen atoms in total. The highest BCUT2D eigenvalue weighted by atomic mass is 16.6. The first kappa shape index (κ1) is 48.8. The van der Waals surface area contributed by atoms with E-state index < -0.39 is 18.1 Å². The van der Waals surface area contributed by atoms with Gasteiger partial charge in [-0.3, -0.25) is 9.59 Å². The van der Waals surface area contributed by atoms with Gasteiger partial charge in [-0.05, 0) is 38.5 Å². The van der Waals surface area contributed by atoms with E-state index in [9.17, 15) is 19.5 Å². The number of ether oxygens (including phenoxy) is 3. The van der Waals surface area contributed by atoms with Crippen molar-refractivity contribution in [1.82, 2.24) is 0 Å². The molecule has 0 aliphatic rings. The molecule has 51 heavy (non-hydrogen) atoms. The number of quaternary nitrogens is 1. The molecule has 1 N–H and O–H groups in total. The summed E-state index contributed by atoms with van der Waals surface area (Å²) in [6.45, 7) is 4.63. The second kappa shape index (κ2) is 34.9. The van der Waals surface area contributed by atoms with Crippen molar-refractivity contribution >= 4 is 17.9 Å². The number of hydrogen-bond acceptors (Lipinski definition) is 6. The number of carbonyl (C=O) groups is 3. The molecule has 0 fully saturated rings. The summed E-state index contributed by atoms with van der Waals surface area (Å²) in [6.07, 6.45) is 36.4. The quantitative estimate of drug-likeness (QED) is 0.0295. The molecule has 0 saturated heterocycles. The van der Waals surface area contributed by atoms with E-state index in [-0.39, 0.29) is 36.2 Å². The van der Waals surface area contributed by atoms with Gasteiger partial charge >= 0.3 is 17.9 Å². The van der Waals surface area contributed by atoms with E-state index in [0.29, 0.717) is 19.3 Å². The molecular weight excluding hydrogens is 642 g/mol. The van der Waals surface area contributed by atoms with Gasteiger partial charge in [0.2, 0.25) is 0 Å². The van der Waals surface area contributed by atoms with Crippen LogP contribution in [-0.4, -0.2) is 80.6 Å². The SMILES string of the molecule is CC/C=C/C/C=C/CCCCCCCCCC(=O)OCC(COCCC(C(=O)O)[N+](C)(C)C)OC(=O)CCCCCCCCCCCCCCC. The Balaban J connectivity index is 4.36. The van der Waals surface area contributed by atoms with Gasteiger partial charge in [-0.1, -0.05) is 147 Å². The number of nitrogens with zero attached hydrogens (tertiary/aromatic N) is 1. The molecule has 2 atom stereocenters. The number of rotatable bonds is 37. The van der Waals surface area contributed by atoms with Crippen molar-refractivity contribution in [3.8, 4) is 0 Å². The Morgan fingerprint density at radius 2 is 1.10 bits per heavy atom. The Kier molecular flexibility index (Phi) is 33.4. The number of hydrogen-bond donors (Lipinski definition) is 1. The topological polar surface area (TPSA) is 99.1 Å². The number of allylic oxidation sites excluding steroid dienone is 4. The van der Waals surface area contributed by atoms with Crippen LogP contribution in [0.1, 0.15) is 181 Å². The van der Waals surface area contributed by atoms with Gasteiger partial charge in [-0.15, -0.1) is 0 Å². The van der Waals surface area contributed by atoms with Crippen LogP contribution in [0.5, 0.6) is 0 Å². The highest BCUT2D eigenvalue weighted by Crippen LogP contribution is 2.15. The molecule has 0 heterocycles. The van der Waals surface area contributed by atoms with Crippen LogP contribution in [0.25, 0.3) is 0 Å². The van der Waals surface area contributed by atoms with Gasteiger partial charge in [0, 0.05) is 19.3 Å². The van der Waals surface area contributed by atoms with Crippen LogP contribution in [0.15, 0.2) is 24.3 Å². The van der Waals surface area contributed by atoms with Crippen molar-refractivity contribution < 1.29 is 38.2 Å².